The van der Waals surface area contributed by atoms with Crippen LogP contribution in [0.1, 0.15) is 70.4 Å². The molecular weight excluding hydrogens is 400 g/mol. The normalized spacial score (nSPS) is 23.0. The maximum absolute atomic E-state index is 13.6. The van der Waals surface area contributed by atoms with E-state index in [2.05, 4.69) is 22.3 Å². The number of benzene rings is 2. The minimum Gasteiger partial charge on any atom is -0.457 e. The first kappa shape index (κ1) is 22.4. The fourth-order valence-corrected chi connectivity index (χ4v) is 5.18. The molecule has 0 bridgehead atoms. The number of hydrogen-bond acceptors (Lipinski definition) is 3. The molecule has 0 aliphatic carbocycles. The van der Waals surface area contributed by atoms with Crippen LogP contribution in [0.3, 0.4) is 0 Å². The summed E-state index contributed by atoms with van der Waals surface area (Å²) in [5, 5.41) is 3.08. The van der Waals surface area contributed by atoms with E-state index in [1.54, 1.807) is 0 Å². The number of nitrogens with one attached hydrogen (secondary N) is 1. The van der Waals surface area contributed by atoms with Crippen molar-refractivity contribution in [2.24, 2.45) is 5.92 Å². The predicted molar refractivity (Wildman–Crippen MR) is 125 cm³/mol. The molecule has 5 nitrogen and oxygen atoms in total. The molecular formula is C27H34N2O3. The Bertz CT molecular complexity index is 926. The zero-order valence-electron chi connectivity index (χ0n) is 19.1. The van der Waals surface area contributed by atoms with E-state index in [1.165, 1.54) is 0 Å². The number of amides is 2. The Morgan fingerprint density at radius 1 is 1.00 bits per heavy atom. The molecule has 1 N–H and O–H groups in total. The quantitative estimate of drug-likeness (QED) is 0.616. The van der Waals surface area contributed by atoms with Gasteiger partial charge in [0, 0.05) is 12.0 Å². The smallest absolute Gasteiger partial charge is 0.245 e. The van der Waals surface area contributed by atoms with Gasteiger partial charge < -0.3 is 15.0 Å². The van der Waals surface area contributed by atoms with Gasteiger partial charge >= 0.3 is 0 Å². The molecule has 2 amide bonds. The fourth-order valence-electron chi connectivity index (χ4n) is 5.18. The largest absolute Gasteiger partial charge is 0.457 e. The van der Waals surface area contributed by atoms with Crippen LogP contribution < -0.4 is 10.1 Å². The number of hydrogen-bond donors (Lipinski definition) is 1. The molecule has 2 aliphatic heterocycles. The van der Waals surface area contributed by atoms with E-state index in [1.807, 2.05) is 56.3 Å². The Morgan fingerprint density at radius 2 is 1.75 bits per heavy atom. The number of fused-ring (bicyclic) bond motifs is 1. The highest BCUT2D eigenvalue weighted by atomic mass is 16.5. The summed E-state index contributed by atoms with van der Waals surface area (Å²) < 4.78 is 6.03. The zero-order chi connectivity index (χ0) is 22.5. The molecule has 0 aromatic heterocycles. The molecule has 170 valence electrons. The van der Waals surface area contributed by atoms with Crippen molar-refractivity contribution in [3.05, 3.63) is 60.2 Å². The predicted octanol–water partition coefficient (Wildman–Crippen LogP) is 5.62. The fraction of sp³-hybridized carbons (Fsp3) is 0.481. The van der Waals surface area contributed by atoms with Gasteiger partial charge in [0.15, 0.2) is 0 Å². The summed E-state index contributed by atoms with van der Waals surface area (Å²) in [5.41, 5.74) is 1.10. The van der Waals surface area contributed by atoms with Crippen LogP contribution in [-0.4, -0.2) is 28.8 Å². The highest BCUT2D eigenvalue weighted by molar-refractivity contribution is 5.89. The lowest BCUT2D eigenvalue weighted by Gasteiger charge is -2.32. The second-order valence-corrected chi connectivity index (χ2v) is 8.99. The molecule has 5 heteroatoms. The van der Waals surface area contributed by atoms with Crippen molar-refractivity contribution in [2.45, 2.75) is 76.9 Å². The van der Waals surface area contributed by atoms with Gasteiger partial charge in [-0.25, -0.2) is 0 Å². The summed E-state index contributed by atoms with van der Waals surface area (Å²) in [6.45, 7) is 4.05. The van der Waals surface area contributed by atoms with Gasteiger partial charge in [-0.15, -0.1) is 0 Å². The molecule has 2 aromatic carbocycles. The molecule has 2 aromatic rings. The summed E-state index contributed by atoms with van der Waals surface area (Å²) in [7, 11) is 0. The summed E-state index contributed by atoms with van der Waals surface area (Å²) in [4.78, 5) is 28.4. The van der Waals surface area contributed by atoms with E-state index in [4.69, 9.17) is 4.74 Å². The van der Waals surface area contributed by atoms with Crippen LogP contribution in [0.4, 0.5) is 0 Å². The zero-order valence-corrected chi connectivity index (χ0v) is 19.1. The molecule has 3 atom stereocenters. The Balaban J connectivity index is 1.53. The Morgan fingerprint density at radius 3 is 2.50 bits per heavy atom. The van der Waals surface area contributed by atoms with Gasteiger partial charge in [-0.2, -0.15) is 0 Å². The lowest BCUT2D eigenvalue weighted by atomic mass is 10.00. The number of nitrogens with zero attached hydrogens (tertiary/aromatic N) is 1. The topological polar surface area (TPSA) is 58.6 Å². The van der Waals surface area contributed by atoms with Crippen molar-refractivity contribution in [1.29, 1.82) is 0 Å². The number of para-hydroxylation sites is 1. The summed E-state index contributed by atoms with van der Waals surface area (Å²) >= 11 is 0. The van der Waals surface area contributed by atoms with Gasteiger partial charge in [-0.3, -0.25) is 9.59 Å². The summed E-state index contributed by atoms with van der Waals surface area (Å²) in [6, 6.07) is 17.7. The maximum atomic E-state index is 13.6. The van der Waals surface area contributed by atoms with Crippen molar-refractivity contribution < 1.29 is 14.3 Å². The lowest BCUT2D eigenvalue weighted by Crippen LogP contribution is -2.50. The monoisotopic (exact) mass is 434 g/mol. The number of ether oxygens (including phenoxy) is 1. The van der Waals surface area contributed by atoms with Gasteiger partial charge in [-0.1, -0.05) is 44.2 Å². The van der Waals surface area contributed by atoms with Gasteiger partial charge in [0.05, 0.1) is 6.04 Å². The summed E-state index contributed by atoms with van der Waals surface area (Å²) in [6.07, 6.45) is 6.23. The molecule has 0 spiro atoms. The number of rotatable bonds is 7. The van der Waals surface area contributed by atoms with E-state index in [0.717, 1.165) is 62.0 Å². The molecule has 32 heavy (non-hydrogen) atoms. The van der Waals surface area contributed by atoms with Crippen molar-refractivity contribution in [3.8, 4) is 11.5 Å². The van der Waals surface area contributed by atoms with Crippen LogP contribution in [0.5, 0.6) is 11.5 Å². The summed E-state index contributed by atoms with van der Waals surface area (Å²) in [5.74, 6) is 1.63. The first-order valence-electron chi connectivity index (χ1n) is 12.1. The molecule has 2 fully saturated rings. The second-order valence-electron chi connectivity index (χ2n) is 8.99. The number of carbonyl (C=O) groups excluding carboxylic acids is 2. The third kappa shape index (κ3) is 4.82. The Labute approximate surface area is 191 Å². The average Bonchev–Trinajstić information content (AvgIpc) is 3.17. The highest BCUT2D eigenvalue weighted by Crippen LogP contribution is 2.41. The first-order chi connectivity index (χ1) is 15.6. The Hall–Kier alpha value is -2.82. The first-order valence-corrected chi connectivity index (χ1v) is 12.1. The second kappa shape index (κ2) is 10.2. The average molecular weight is 435 g/mol. The molecule has 2 heterocycles. The maximum Gasteiger partial charge on any atom is 0.245 e. The van der Waals surface area contributed by atoms with Crippen LogP contribution in [0, 0.1) is 5.92 Å². The van der Waals surface area contributed by atoms with Crippen molar-refractivity contribution in [2.75, 3.05) is 0 Å². The molecule has 0 unspecified atom stereocenters. The van der Waals surface area contributed by atoms with Crippen molar-refractivity contribution in [3.63, 3.8) is 0 Å². The molecule has 2 aliphatic rings. The SMILES string of the molecule is CCC(CC)C(=O)N[C@H]1CCC[C@H]2CC[C@@H](c3cccc(Oc4ccccc4)c3)N2C1=O. The van der Waals surface area contributed by atoms with Gasteiger partial charge in [0.2, 0.25) is 11.8 Å². The van der Waals surface area contributed by atoms with Gasteiger partial charge in [0.1, 0.15) is 17.5 Å². The van der Waals surface area contributed by atoms with E-state index in [9.17, 15) is 9.59 Å². The minimum absolute atomic E-state index is 0.0146. The minimum atomic E-state index is -0.419. The van der Waals surface area contributed by atoms with Gasteiger partial charge in [-0.05, 0) is 74.8 Å². The van der Waals surface area contributed by atoms with Crippen LogP contribution in [-0.2, 0) is 9.59 Å². The molecule has 4 rings (SSSR count). The van der Waals surface area contributed by atoms with Crippen LogP contribution in [0.2, 0.25) is 0 Å². The van der Waals surface area contributed by atoms with E-state index < -0.39 is 6.04 Å². The van der Waals surface area contributed by atoms with Crippen LogP contribution >= 0.6 is 0 Å². The third-order valence-corrected chi connectivity index (χ3v) is 6.98. The van der Waals surface area contributed by atoms with Gasteiger partial charge in [0.25, 0.3) is 0 Å². The third-order valence-electron chi connectivity index (χ3n) is 6.98. The standard InChI is InChI=1S/C27H34N2O3/c1-3-19(4-2)26(30)28-24-15-9-11-21-16-17-25(29(21)27(24)31)20-10-8-14-23(18-20)32-22-12-6-5-7-13-22/h5-8,10,12-14,18-19,21,24-25H,3-4,9,11,15-17H2,1-2H3,(H,28,30)/t21-,24-,25-/m0/s1. The van der Waals surface area contributed by atoms with E-state index >= 15 is 0 Å². The molecule has 0 radical (unpaired) electrons. The number of carbonyl (C=O) groups is 2. The molecule has 2 saturated heterocycles. The molecule has 0 saturated carbocycles. The lowest BCUT2D eigenvalue weighted by molar-refractivity contribution is -0.139. The van der Waals surface area contributed by atoms with E-state index in [0.29, 0.717) is 0 Å². The van der Waals surface area contributed by atoms with E-state index in [-0.39, 0.29) is 29.8 Å². The van der Waals surface area contributed by atoms with Crippen LogP contribution in [0.25, 0.3) is 0 Å². The van der Waals surface area contributed by atoms with Crippen molar-refractivity contribution >= 4 is 11.8 Å². The van der Waals surface area contributed by atoms with Crippen LogP contribution in [0.15, 0.2) is 54.6 Å². The Kier molecular flexibility index (Phi) is 7.13. The van der Waals surface area contributed by atoms with Crippen molar-refractivity contribution in [1.82, 2.24) is 10.2 Å². The highest BCUT2D eigenvalue weighted by Gasteiger charge is 2.42.